The molecule has 0 spiro atoms. The Morgan fingerprint density at radius 2 is 1.72 bits per heavy atom. The molecule has 0 aliphatic carbocycles. The molecule has 0 saturated carbocycles. The summed E-state index contributed by atoms with van der Waals surface area (Å²) in [5.74, 6) is -0.0711. The first-order valence-electron chi connectivity index (χ1n) is 9.34. The summed E-state index contributed by atoms with van der Waals surface area (Å²) in [6.45, 7) is 10.3. The number of aromatic nitrogens is 1. The van der Waals surface area contributed by atoms with Crippen molar-refractivity contribution in [3.63, 3.8) is 0 Å². The van der Waals surface area contributed by atoms with E-state index in [0.29, 0.717) is 5.41 Å². The molecular weight excluding hydrogens is 398 g/mol. The molecular formula is C23H29N3OS2. The smallest absolute Gasteiger partial charge is 0.221 e. The number of nitrogen functional groups attached to an aromatic ring is 1. The van der Waals surface area contributed by atoms with Gasteiger partial charge in [-0.15, -0.1) is 23.1 Å². The normalized spacial score (nSPS) is 10.8. The minimum Gasteiger partial charge on any atom is -0.399 e. The molecule has 0 bridgehead atoms. The average Bonchev–Trinajstić information content (AvgIpc) is 3.10. The van der Waals surface area contributed by atoms with Gasteiger partial charge in [0, 0.05) is 40.5 Å². The summed E-state index contributed by atoms with van der Waals surface area (Å²) in [6.07, 6.45) is 3.92. The van der Waals surface area contributed by atoms with Crippen molar-refractivity contribution in [1.82, 2.24) is 4.98 Å². The molecule has 0 unspecified atom stereocenters. The van der Waals surface area contributed by atoms with Crippen LogP contribution in [0.25, 0.3) is 21.0 Å². The molecule has 0 saturated heterocycles. The lowest BCUT2D eigenvalue weighted by Gasteiger charge is -2.08. The largest absolute Gasteiger partial charge is 0.399 e. The van der Waals surface area contributed by atoms with Gasteiger partial charge >= 0.3 is 0 Å². The third kappa shape index (κ3) is 7.55. The van der Waals surface area contributed by atoms with E-state index in [4.69, 9.17) is 5.73 Å². The second-order valence-electron chi connectivity index (χ2n) is 8.25. The maximum absolute atomic E-state index is 11.2. The number of anilines is 2. The fourth-order valence-electron chi connectivity index (χ4n) is 2.33. The molecule has 0 radical (unpaired) electrons. The Bertz CT molecular complexity index is 951. The van der Waals surface area contributed by atoms with Crippen molar-refractivity contribution in [2.24, 2.45) is 5.41 Å². The zero-order valence-corrected chi connectivity index (χ0v) is 19.5. The van der Waals surface area contributed by atoms with Crippen LogP contribution in [-0.4, -0.2) is 17.1 Å². The zero-order chi connectivity index (χ0) is 21.6. The standard InChI is InChI=1S/C18H17N3OS2.C5H12/c1-11(22)21-14-7-8-15(16(9-14)23-2)17-10-20-18(24-17)12-3-5-13(19)6-4-12;1-5(2,3)4/h3-10H,19H2,1-2H3,(H,21,22);1-4H3. The van der Waals surface area contributed by atoms with E-state index in [1.807, 2.05) is 54.9 Å². The van der Waals surface area contributed by atoms with Crippen LogP contribution in [0.3, 0.4) is 0 Å². The van der Waals surface area contributed by atoms with Gasteiger partial charge in [0.2, 0.25) is 5.91 Å². The lowest BCUT2D eigenvalue weighted by molar-refractivity contribution is -0.114. The van der Waals surface area contributed by atoms with E-state index in [9.17, 15) is 4.79 Å². The molecule has 1 heterocycles. The minimum atomic E-state index is -0.0711. The molecule has 0 fully saturated rings. The van der Waals surface area contributed by atoms with Crippen molar-refractivity contribution in [2.75, 3.05) is 17.3 Å². The maximum Gasteiger partial charge on any atom is 0.221 e. The molecule has 4 nitrogen and oxygen atoms in total. The van der Waals surface area contributed by atoms with Crippen molar-refractivity contribution in [1.29, 1.82) is 0 Å². The van der Waals surface area contributed by atoms with Crippen molar-refractivity contribution in [3.05, 3.63) is 48.7 Å². The summed E-state index contributed by atoms with van der Waals surface area (Å²) in [5.41, 5.74) is 9.96. The Labute approximate surface area is 182 Å². The Kier molecular flexibility index (Phi) is 7.88. The number of thiazole rings is 1. The molecule has 1 aromatic heterocycles. The first-order chi connectivity index (χ1) is 13.6. The van der Waals surface area contributed by atoms with Gasteiger partial charge in [-0.25, -0.2) is 4.98 Å². The number of carbonyl (C=O) groups excluding carboxylic acids is 1. The summed E-state index contributed by atoms with van der Waals surface area (Å²) >= 11 is 3.29. The van der Waals surface area contributed by atoms with Crippen LogP contribution in [-0.2, 0) is 4.79 Å². The van der Waals surface area contributed by atoms with Crippen LogP contribution in [0.5, 0.6) is 0 Å². The number of hydrogen-bond acceptors (Lipinski definition) is 5. The number of rotatable bonds is 4. The molecule has 3 rings (SSSR count). The predicted molar refractivity (Wildman–Crippen MR) is 129 cm³/mol. The first-order valence-corrected chi connectivity index (χ1v) is 11.4. The van der Waals surface area contributed by atoms with Crippen molar-refractivity contribution >= 4 is 40.4 Å². The number of nitrogens with two attached hydrogens (primary N) is 1. The summed E-state index contributed by atoms with van der Waals surface area (Å²) in [7, 11) is 0. The Balaban J connectivity index is 0.000000537. The first kappa shape index (κ1) is 23.0. The van der Waals surface area contributed by atoms with Crippen molar-refractivity contribution in [2.45, 2.75) is 39.5 Å². The van der Waals surface area contributed by atoms with Crippen LogP contribution >= 0.6 is 23.1 Å². The van der Waals surface area contributed by atoms with Gasteiger partial charge in [0.1, 0.15) is 5.01 Å². The topological polar surface area (TPSA) is 68.0 Å². The quantitative estimate of drug-likeness (QED) is 0.355. The Hall–Kier alpha value is -2.31. The molecule has 2 aromatic carbocycles. The number of hydrogen-bond donors (Lipinski definition) is 2. The van der Waals surface area contributed by atoms with Gasteiger partial charge in [-0.05, 0) is 48.1 Å². The highest BCUT2D eigenvalue weighted by molar-refractivity contribution is 7.98. The second-order valence-corrected chi connectivity index (χ2v) is 10.1. The lowest BCUT2D eigenvalue weighted by Crippen LogP contribution is -2.05. The van der Waals surface area contributed by atoms with Crippen LogP contribution < -0.4 is 11.1 Å². The van der Waals surface area contributed by atoms with Gasteiger partial charge in [0.05, 0.1) is 4.88 Å². The molecule has 29 heavy (non-hydrogen) atoms. The van der Waals surface area contributed by atoms with Gasteiger partial charge in [-0.2, -0.15) is 0 Å². The van der Waals surface area contributed by atoms with Crippen LogP contribution in [0.1, 0.15) is 34.6 Å². The molecule has 0 aliphatic rings. The molecule has 0 atom stereocenters. The number of nitrogens with one attached hydrogen (secondary N) is 1. The Morgan fingerprint density at radius 1 is 1.10 bits per heavy atom. The van der Waals surface area contributed by atoms with Gasteiger partial charge in [0.15, 0.2) is 0 Å². The van der Waals surface area contributed by atoms with Crippen LogP contribution in [0, 0.1) is 5.41 Å². The van der Waals surface area contributed by atoms with Crippen molar-refractivity contribution < 1.29 is 4.79 Å². The summed E-state index contributed by atoms with van der Waals surface area (Å²) in [4.78, 5) is 18.0. The third-order valence-electron chi connectivity index (χ3n) is 3.45. The number of carbonyl (C=O) groups is 1. The number of thioether (sulfide) groups is 1. The SMILES string of the molecule is CC(C)(C)C.CSc1cc(NC(C)=O)ccc1-c1cnc(-c2ccc(N)cc2)s1. The minimum absolute atomic E-state index is 0.0711. The van der Waals surface area contributed by atoms with E-state index in [1.165, 1.54) is 6.92 Å². The van der Waals surface area contributed by atoms with Crippen molar-refractivity contribution in [3.8, 4) is 21.0 Å². The fourth-order valence-corrected chi connectivity index (χ4v) is 4.00. The van der Waals surface area contributed by atoms with E-state index in [1.54, 1.807) is 23.1 Å². The van der Waals surface area contributed by atoms with Crippen LogP contribution in [0.2, 0.25) is 0 Å². The van der Waals surface area contributed by atoms with Gasteiger partial charge < -0.3 is 11.1 Å². The molecule has 0 aliphatic heterocycles. The number of nitrogens with zero attached hydrogens (tertiary/aromatic N) is 1. The average molecular weight is 428 g/mol. The summed E-state index contributed by atoms with van der Waals surface area (Å²) in [5, 5.41) is 3.78. The molecule has 3 N–H and O–H groups in total. The highest BCUT2D eigenvalue weighted by atomic mass is 32.2. The molecule has 1 amide bonds. The number of amides is 1. The monoisotopic (exact) mass is 427 g/mol. The number of benzene rings is 2. The van der Waals surface area contributed by atoms with E-state index >= 15 is 0 Å². The predicted octanol–water partition coefficient (Wildman–Crippen LogP) is 6.79. The lowest BCUT2D eigenvalue weighted by atomic mass is 10.0. The summed E-state index contributed by atoms with van der Waals surface area (Å²) in [6, 6.07) is 13.7. The fraction of sp³-hybridized carbons (Fsp3) is 0.304. The molecule has 3 aromatic rings. The Morgan fingerprint density at radius 3 is 2.28 bits per heavy atom. The highest BCUT2D eigenvalue weighted by Crippen LogP contribution is 2.38. The van der Waals surface area contributed by atoms with E-state index in [0.717, 1.165) is 37.3 Å². The summed E-state index contributed by atoms with van der Waals surface area (Å²) < 4.78 is 0. The van der Waals surface area contributed by atoms with Crippen LogP contribution in [0.4, 0.5) is 11.4 Å². The molecule has 154 valence electrons. The third-order valence-corrected chi connectivity index (χ3v) is 5.31. The zero-order valence-electron chi connectivity index (χ0n) is 17.9. The van der Waals surface area contributed by atoms with E-state index in [2.05, 4.69) is 38.0 Å². The van der Waals surface area contributed by atoms with Gasteiger partial charge in [0.25, 0.3) is 0 Å². The molecule has 6 heteroatoms. The highest BCUT2D eigenvalue weighted by Gasteiger charge is 2.11. The van der Waals surface area contributed by atoms with Gasteiger partial charge in [-0.1, -0.05) is 33.8 Å². The van der Waals surface area contributed by atoms with Crippen LogP contribution in [0.15, 0.2) is 53.6 Å². The second kappa shape index (κ2) is 9.94. The van der Waals surface area contributed by atoms with Gasteiger partial charge in [-0.3, -0.25) is 4.79 Å². The van der Waals surface area contributed by atoms with E-state index < -0.39 is 0 Å². The van der Waals surface area contributed by atoms with E-state index in [-0.39, 0.29) is 5.91 Å². The maximum atomic E-state index is 11.2.